The molecule has 0 atom stereocenters. The summed E-state index contributed by atoms with van der Waals surface area (Å²) in [4.78, 5) is 7.31. The molecule has 2 fully saturated rings. The van der Waals surface area contributed by atoms with Crippen LogP contribution in [0.25, 0.3) is 0 Å². The minimum Gasteiger partial charge on any atom is -0.369 e. The minimum atomic E-state index is 1.01. The number of rotatable bonds is 3. The quantitative estimate of drug-likeness (QED) is 0.787. The van der Waals surface area contributed by atoms with Gasteiger partial charge in [0.2, 0.25) is 0 Å². The van der Waals surface area contributed by atoms with Crippen LogP contribution in [0.1, 0.15) is 0 Å². The van der Waals surface area contributed by atoms with Gasteiger partial charge in [-0.1, -0.05) is 42.2 Å². The van der Waals surface area contributed by atoms with E-state index in [9.17, 15) is 0 Å². The van der Waals surface area contributed by atoms with E-state index in [0.29, 0.717) is 0 Å². The molecule has 2 saturated heterocycles. The van der Waals surface area contributed by atoms with E-state index < -0.39 is 0 Å². The summed E-state index contributed by atoms with van der Waals surface area (Å²) in [7, 11) is 0. The molecule has 102 valence electrons. The summed E-state index contributed by atoms with van der Waals surface area (Å²) in [6, 6.07) is 10.7. The Bertz CT molecular complexity index is 430. The summed E-state index contributed by atoms with van der Waals surface area (Å²) in [5.41, 5.74) is 1.34. The summed E-state index contributed by atoms with van der Waals surface area (Å²) >= 11 is 7.17. The topological polar surface area (TPSA) is 9.72 Å². The molecule has 0 amide bonds. The highest BCUT2D eigenvalue weighted by atomic mass is 32.2. The Morgan fingerprint density at radius 3 is 2.37 bits per heavy atom. The zero-order chi connectivity index (χ0) is 13.1. The van der Waals surface area contributed by atoms with Crippen molar-refractivity contribution in [2.45, 2.75) is 0 Å². The average molecular weight is 293 g/mol. The number of benzene rings is 1. The van der Waals surface area contributed by atoms with Gasteiger partial charge in [0.25, 0.3) is 0 Å². The van der Waals surface area contributed by atoms with Crippen LogP contribution in [0, 0.1) is 0 Å². The number of anilines is 1. The van der Waals surface area contributed by atoms with Crippen LogP contribution in [0.3, 0.4) is 0 Å². The molecule has 2 heterocycles. The van der Waals surface area contributed by atoms with Crippen molar-refractivity contribution in [3.8, 4) is 0 Å². The first-order valence-electron chi connectivity index (χ1n) is 6.77. The highest BCUT2D eigenvalue weighted by molar-refractivity contribution is 8.23. The molecule has 0 N–H and O–H groups in total. The Balaban J connectivity index is 1.51. The SMILES string of the molecule is S=C1SCCN1CN1CCN(c2ccccc2)CC1. The molecule has 1 aromatic carbocycles. The van der Waals surface area contributed by atoms with Gasteiger partial charge in [0, 0.05) is 44.2 Å². The first-order chi connectivity index (χ1) is 9.33. The predicted octanol–water partition coefficient (Wildman–Crippen LogP) is 2.10. The maximum Gasteiger partial charge on any atom is 0.137 e. The van der Waals surface area contributed by atoms with Crippen molar-refractivity contribution < 1.29 is 0 Å². The molecule has 2 aliphatic heterocycles. The van der Waals surface area contributed by atoms with Crippen molar-refractivity contribution in [3.05, 3.63) is 30.3 Å². The Morgan fingerprint density at radius 2 is 1.74 bits per heavy atom. The van der Waals surface area contributed by atoms with E-state index in [-0.39, 0.29) is 0 Å². The van der Waals surface area contributed by atoms with Crippen LogP contribution in [0.4, 0.5) is 5.69 Å². The standard InChI is InChI=1S/C14H19N3S2/c18-14-17(10-11-19-14)12-15-6-8-16(9-7-15)13-4-2-1-3-5-13/h1-5H,6-12H2. The number of para-hydroxylation sites is 1. The van der Waals surface area contributed by atoms with E-state index in [1.165, 1.54) is 5.69 Å². The van der Waals surface area contributed by atoms with Gasteiger partial charge in [-0.3, -0.25) is 4.90 Å². The molecule has 0 aliphatic carbocycles. The highest BCUT2D eigenvalue weighted by Crippen LogP contribution is 2.19. The second-order valence-electron chi connectivity index (χ2n) is 4.96. The number of hydrogen-bond acceptors (Lipinski definition) is 4. The third-order valence-corrected chi connectivity index (χ3v) is 5.21. The molecule has 2 aliphatic rings. The molecule has 19 heavy (non-hydrogen) atoms. The van der Waals surface area contributed by atoms with Crippen LogP contribution in [0.2, 0.25) is 0 Å². The molecule has 3 nitrogen and oxygen atoms in total. The average Bonchev–Trinajstić information content (AvgIpc) is 2.86. The lowest BCUT2D eigenvalue weighted by Crippen LogP contribution is -2.50. The van der Waals surface area contributed by atoms with Gasteiger partial charge in [-0.2, -0.15) is 0 Å². The van der Waals surface area contributed by atoms with Crippen LogP contribution >= 0.6 is 24.0 Å². The molecule has 3 rings (SSSR count). The van der Waals surface area contributed by atoms with Crippen molar-refractivity contribution >= 4 is 34.0 Å². The molecule has 0 aromatic heterocycles. The molecule has 0 unspecified atom stereocenters. The van der Waals surface area contributed by atoms with Crippen molar-refractivity contribution in [3.63, 3.8) is 0 Å². The Labute approximate surface area is 124 Å². The number of nitrogens with zero attached hydrogens (tertiary/aromatic N) is 3. The van der Waals surface area contributed by atoms with Gasteiger partial charge in [-0.25, -0.2) is 0 Å². The van der Waals surface area contributed by atoms with Gasteiger partial charge in [-0.05, 0) is 12.1 Å². The highest BCUT2D eigenvalue weighted by Gasteiger charge is 2.23. The van der Waals surface area contributed by atoms with Gasteiger partial charge >= 0.3 is 0 Å². The van der Waals surface area contributed by atoms with Gasteiger partial charge < -0.3 is 9.80 Å². The second kappa shape index (κ2) is 6.11. The summed E-state index contributed by atoms with van der Waals surface area (Å²) in [6.07, 6.45) is 0. The normalized spacial score (nSPS) is 21.2. The van der Waals surface area contributed by atoms with Gasteiger partial charge in [0.15, 0.2) is 0 Å². The molecule has 0 radical (unpaired) electrons. The summed E-state index contributed by atoms with van der Waals surface area (Å²) in [5.74, 6) is 1.16. The molecule has 1 aromatic rings. The maximum atomic E-state index is 5.36. The first-order valence-corrected chi connectivity index (χ1v) is 8.16. The fourth-order valence-corrected chi connectivity index (χ4v) is 3.80. The number of thioether (sulfide) groups is 1. The molecule has 0 bridgehead atoms. The lowest BCUT2D eigenvalue weighted by Gasteiger charge is -2.37. The van der Waals surface area contributed by atoms with Gasteiger partial charge in [0.05, 0.1) is 6.67 Å². The smallest absolute Gasteiger partial charge is 0.137 e. The zero-order valence-electron chi connectivity index (χ0n) is 11.0. The van der Waals surface area contributed by atoms with Crippen molar-refractivity contribution in [1.82, 2.24) is 9.80 Å². The lowest BCUT2D eigenvalue weighted by atomic mass is 10.2. The number of thiocarbonyl (C=S) groups is 1. The molecule has 0 saturated carbocycles. The first kappa shape index (κ1) is 13.2. The van der Waals surface area contributed by atoms with Crippen molar-refractivity contribution in [2.24, 2.45) is 0 Å². The molecule has 5 heteroatoms. The van der Waals surface area contributed by atoms with E-state index in [4.69, 9.17) is 12.2 Å². The Hall–Kier alpha value is -0.780. The third-order valence-electron chi connectivity index (χ3n) is 3.71. The van der Waals surface area contributed by atoms with E-state index in [1.54, 1.807) is 0 Å². The van der Waals surface area contributed by atoms with Crippen LogP contribution in [0.5, 0.6) is 0 Å². The van der Waals surface area contributed by atoms with Crippen molar-refractivity contribution in [2.75, 3.05) is 50.0 Å². The third kappa shape index (κ3) is 3.22. The molecule has 0 spiro atoms. The predicted molar refractivity (Wildman–Crippen MR) is 86.9 cm³/mol. The molecular formula is C14H19N3S2. The zero-order valence-corrected chi connectivity index (χ0v) is 12.6. The Morgan fingerprint density at radius 1 is 1.00 bits per heavy atom. The number of hydrogen-bond donors (Lipinski definition) is 0. The monoisotopic (exact) mass is 293 g/mol. The van der Waals surface area contributed by atoms with E-state index in [2.05, 4.69) is 45.0 Å². The summed E-state index contributed by atoms with van der Waals surface area (Å²) in [5, 5.41) is 0. The van der Waals surface area contributed by atoms with Crippen LogP contribution in [0.15, 0.2) is 30.3 Å². The van der Waals surface area contributed by atoms with Gasteiger partial charge in [0.1, 0.15) is 4.32 Å². The van der Waals surface area contributed by atoms with E-state index in [1.807, 2.05) is 11.8 Å². The lowest BCUT2D eigenvalue weighted by molar-refractivity contribution is 0.187. The largest absolute Gasteiger partial charge is 0.369 e. The maximum absolute atomic E-state index is 5.36. The summed E-state index contributed by atoms with van der Waals surface area (Å²) < 4.78 is 1.07. The van der Waals surface area contributed by atoms with Crippen LogP contribution < -0.4 is 4.90 Å². The van der Waals surface area contributed by atoms with Crippen LogP contribution in [-0.2, 0) is 0 Å². The van der Waals surface area contributed by atoms with Crippen LogP contribution in [-0.4, -0.2) is 59.3 Å². The van der Waals surface area contributed by atoms with E-state index in [0.717, 1.165) is 49.5 Å². The fourth-order valence-electron chi connectivity index (χ4n) is 2.58. The fraction of sp³-hybridized carbons (Fsp3) is 0.500. The summed E-state index contributed by atoms with van der Waals surface area (Å²) in [6.45, 7) is 6.59. The van der Waals surface area contributed by atoms with Crippen molar-refractivity contribution in [1.29, 1.82) is 0 Å². The number of piperazine rings is 1. The second-order valence-corrected chi connectivity index (χ2v) is 6.69. The molecular weight excluding hydrogens is 274 g/mol. The van der Waals surface area contributed by atoms with Gasteiger partial charge in [-0.15, -0.1) is 0 Å². The Kier molecular flexibility index (Phi) is 4.25. The minimum absolute atomic E-state index is 1.01. The van der Waals surface area contributed by atoms with E-state index >= 15 is 0 Å².